The molecule has 0 aromatic carbocycles. The van der Waals surface area contributed by atoms with Crippen LogP contribution in [-0.2, 0) is 4.74 Å². The Bertz CT molecular complexity index is 201. The Hall–Kier alpha value is -0.120. The van der Waals surface area contributed by atoms with Crippen LogP contribution in [0.3, 0.4) is 0 Å². The van der Waals surface area contributed by atoms with Crippen LogP contribution in [0.2, 0.25) is 0 Å². The highest BCUT2D eigenvalue weighted by atomic mass is 16.5. The molecule has 0 rings (SSSR count). The summed E-state index contributed by atoms with van der Waals surface area (Å²) in [6, 6.07) is 1.19. The summed E-state index contributed by atoms with van der Waals surface area (Å²) in [7, 11) is 0. The molecule has 0 aromatic heterocycles. The van der Waals surface area contributed by atoms with Crippen LogP contribution in [-0.4, -0.2) is 48.8 Å². The molecular weight excluding hydrogens is 236 g/mol. The normalized spacial score (nSPS) is 12.9. The zero-order chi connectivity index (χ0) is 14.9. The number of nitrogens with zero attached hydrogens (tertiary/aromatic N) is 1. The first-order chi connectivity index (χ1) is 8.74. The van der Waals surface area contributed by atoms with Gasteiger partial charge in [-0.3, -0.25) is 4.90 Å². The summed E-state index contributed by atoms with van der Waals surface area (Å²) in [6.45, 7) is 19.5. The maximum absolute atomic E-state index is 5.73. The van der Waals surface area contributed by atoms with E-state index in [2.05, 4.69) is 58.7 Å². The SMILES string of the molecule is CC(C)N(CCOCCCCNC(C)(C)C)C(C)C. The van der Waals surface area contributed by atoms with Crippen LogP contribution in [0.1, 0.15) is 61.3 Å². The van der Waals surface area contributed by atoms with Gasteiger partial charge in [0.2, 0.25) is 0 Å². The van der Waals surface area contributed by atoms with E-state index in [0.29, 0.717) is 12.1 Å². The molecule has 0 aliphatic carbocycles. The van der Waals surface area contributed by atoms with Gasteiger partial charge >= 0.3 is 0 Å². The third-order valence-electron chi connectivity index (χ3n) is 3.19. The van der Waals surface area contributed by atoms with Crippen molar-refractivity contribution in [3.8, 4) is 0 Å². The molecule has 0 atom stereocenters. The molecule has 3 heteroatoms. The van der Waals surface area contributed by atoms with Crippen molar-refractivity contribution < 1.29 is 4.74 Å². The molecule has 0 radical (unpaired) electrons. The number of hydrogen-bond acceptors (Lipinski definition) is 3. The summed E-state index contributed by atoms with van der Waals surface area (Å²) in [6.07, 6.45) is 2.34. The van der Waals surface area contributed by atoms with Crippen molar-refractivity contribution in [2.24, 2.45) is 0 Å². The van der Waals surface area contributed by atoms with Gasteiger partial charge in [0.1, 0.15) is 0 Å². The van der Waals surface area contributed by atoms with Gasteiger partial charge in [0.05, 0.1) is 6.61 Å². The fourth-order valence-corrected chi connectivity index (χ4v) is 2.18. The van der Waals surface area contributed by atoms with Crippen LogP contribution in [0, 0.1) is 0 Å². The van der Waals surface area contributed by atoms with Crippen molar-refractivity contribution in [1.29, 1.82) is 0 Å². The van der Waals surface area contributed by atoms with E-state index in [1.165, 1.54) is 6.42 Å². The quantitative estimate of drug-likeness (QED) is 0.618. The Morgan fingerprint density at radius 3 is 2.00 bits per heavy atom. The van der Waals surface area contributed by atoms with E-state index in [4.69, 9.17) is 4.74 Å². The fourth-order valence-electron chi connectivity index (χ4n) is 2.18. The summed E-state index contributed by atoms with van der Waals surface area (Å²) in [5, 5.41) is 3.50. The topological polar surface area (TPSA) is 24.5 Å². The van der Waals surface area contributed by atoms with E-state index in [0.717, 1.165) is 32.7 Å². The average molecular weight is 272 g/mol. The van der Waals surface area contributed by atoms with E-state index in [1.807, 2.05) is 0 Å². The van der Waals surface area contributed by atoms with E-state index >= 15 is 0 Å². The fraction of sp³-hybridized carbons (Fsp3) is 1.00. The molecule has 0 aliphatic rings. The van der Waals surface area contributed by atoms with Crippen LogP contribution in [0.25, 0.3) is 0 Å². The van der Waals surface area contributed by atoms with Gasteiger partial charge in [-0.1, -0.05) is 0 Å². The molecule has 1 N–H and O–H groups in total. The molecule has 0 spiro atoms. The molecule has 0 heterocycles. The van der Waals surface area contributed by atoms with Gasteiger partial charge in [0.25, 0.3) is 0 Å². The highest BCUT2D eigenvalue weighted by molar-refractivity contribution is 4.69. The number of rotatable bonds is 10. The van der Waals surface area contributed by atoms with Gasteiger partial charge < -0.3 is 10.1 Å². The molecule has 0 bridgehead atoms. The highest BCUT2D eigenvalue weighted by Gasteiger charge is 2.12. The molecule has 0 aliphatic heterocycles. The van der Waals surface area contributed by atoms with Crippen LogP contribution >= 0.6 is 0 Å². The Balaban J connectivity index is 3.45. The van der Waals surface area contributed by atoms with Gasteiger partial charge in [-0.2, -0.15) is 0 Å². The summed E-state index contributed by atoms with van der Waals surface area (Å²) in [4.78, 5) is 2.47. The smallest absolute Gasteiger partial charge is 0.0593 e. The van der Waals surface area contributed by atoms with Crippen molar-refractivity contribution in [3.63, 3.8) is 0 Å². The molecule has 0 saturated heterocycles. The molecule has 19 heavy (non-hydrogen) atoms. The monoisotopic (exact) mass is 272 g/mol. The Morgan fingerprint density at radius 2 is 1.53 bits per heavy atom. The Kier molecular flexibility index (Phi) is 9.67. The van der Waals surface area contributed by atoms with Crippen molar-refractivity contribution in [1.82, 2.24) is 10.2 Å². The molecule has 116 valence electrons. The zero-order valence-corrected chi connectivity index (χ0v) is 14.3. The molecule has 0 fully saturated rings. The number of nitrogens with one attached hydrogen (secondary N) is 1. The minimum atomic E-state index is 0.232. The van der Waals surface area contributed by atoms with Crippen molar-refractivity contribution in [2.75, 3.05) is 26.3 Å². The van der Waals surface area contributed by atoms with Crippen LogP contribution in [0.15, 0.2) is 0 Å². The lowest BCUT2D eigenvalue weighted by Crippen LogP contribution is -2.39. The third kappa shape index (κ3) is 11.4. The predicted molar refractivity (Wildman–Crippen MR) is 84.8 cm³/mol. The Morgan fingerprint density at radius 1 is 0.947 bits per heavy atom. The van der Waals surface area contributed by atoms with Gasteiger partial charge in [0, 0.05) is 30.8 Å². The van der Waals surface area contributed by atoms with Crippen LogP contribution in [0.4, 0.5) is 0 Å². The first-order valence-corrected chi connectivity index (χ1v) is 7.82. The number of ether oxygens (including phenoxy) is 1. The summed E-state index contributed by atoms with van der Waals surface area (Å²) < 4.78 is 5.73. The standard InChI is InChI=1S/C16H36N2O/c1-14(2)18(15(3)4)11-13-19-12-9-8-10-17-16(5,6)7/h14-15,17H,8-13H2,1-7H3. The maximum Gasteiger partial charge on any atom is 0.0593 e. The molecule has 0 aromatic rings. The molecule has 3 nitrogen and oxygen atoms in total. The lowest BCUT2D eigenvalue weighted by molar-refractivity contribution is 0.0765. The first-order valence-electron chi connectivity index (χ1n) is 7.82. The van der Waals surface area contributed by atoms with Crippen molar-refractivity contribution in [3.05, 3.63) is 0 Å². The lowest BCUT2D eigenvalue weighted by atomic mass is 10.1. The summed E-state index contributed by atoms with van der Waals surface area (Å²) in [5.41, 5.74) is 0.232. The third-order valence-corrected chi connectivity index (χ3v) is 3.19. The van der Waals surface area contributed by atoms with E-state index < -0.39 is 0 Å². The van der Waals surface area contributed by atoms with Crippen LogP contribution < -0.4 is 5.32 Å². The van der Waals surface area contributed by atoms with Crippen molar-refractivity contribution >= 4 is 0 Å². The number of hydrogen-bond donors (Lipinski definition) is 1. The van der Waals surface area contributed by atoms with Crippen LogP contribution in [0.5, 0.6) is 0 Å². The second-order valence-electron chi connectivity index (χ2n) is 6.92. The van der Waals surface area contributed by atoms with Crippen molar-refractivity contribution in [2.45, 2.75) is 78.9 Å². The summed E-state index contributed by atoms with van der Waals surface area (Å²) >= 11 is 0. The van der Waals surface area contributed by atoms with Gasteiger partial charge in [-0.25, -0.2) is 0 Å². The minimum absolute atomic E-state index is 0.232. The minimum Gasteiger partial charge on any atom is -0.380 e. The Labute approximate surface area is 121 Å². The molecule has 0 saturated carbocycles. The first kappa shape index (κ1) is 18.9. The number of unbranched alkanes of at least 4 members (excludes halogenated alkanes) is 1. The molecular formula is C16H36N2O. The predicted octanol–water partition coefficient (Wildman–Crippen LogP) is 3.29. The summed E-state index contributed by atoms with van der Waals surface area (Å²) in [5.74, 6) is 0. The molecule has 0 unspecified atom stereocenters. The van der Waals surface area contributed by atoms with Gasteiger partial charge in [-0.15, -0.1) is 0 Å². The van der Waals surface area contributed by atoms with Gasteiger partial charge in [0.15, 0.2) is 0 Å². The largest absolute Gasteiger partial charge is 0.380 e. The maximum atomic E-state index is 5.73. The highest BCUT2D eigenvalue weighted by Crippen LogP contribution is 2.04. The van der Waals surface area contributed by atoms with Gasteiger partial charge in [-0.05, 0) is 67.9 Å². The van der Waals surface area contributed by atoms with E-state index in [-0.39, 0.29) is 5.54 Å². The molecule has 0 amide bonds. The second-order valence-corrected chi connectivity index (χ2v) is 6.92. The second kappa shape index (κ2) is 9.73. The average Bonchev–Trinajstić information content (AvgIpc) is 2.24. The van der Waals surface area contributed by atoms with E-state index in [9.17, 15) is 0 Å². The zero-order valence-electron chi connectivity index (χ0n) is 14.3. The van der Waals surface area contributed by atoms with E-state index in [1.54, 1.807) is 0 Å². The lowest BCUT2D eigenvalue weighted by Gasteiger charge is -2.30.